The van der Waals surface area contributed by atoms with Crippen LogP contribution < -0.4 is 5.32 Å². The minimum atomic E-state index is 0.455. The molecule has 1 saturated carbocycles. The smallest absolute Gasteiger partial charge is 0.0593 e. The summed E-state index contributed by atoms with van der Waals surface area (Å²) in [4.78, 5) is 2.14. The summed E-state index contributed by atoms with van der Waals surface area (Å²) < 4.78 is 11.0. The standard InChI is InChI=1S/C13H28N2O2/c1-15(2)8-10-17-9-7-14-12-5-4-6-13(11-12)16-3/h12-14H,4-11H2,1-3H3. The zero-order valence-corrected chi connectivity index (χ0v) is 11.6. The summed E-state index contributed by atoms with van der Waals surface area (Å²) in [6, 6.07) is 0.617. The van der Waals surface area contributed by atoms with Crippen molar-refractivity contribution in [3.05, 3.63) is 0 Å². The van der Waals surface area contributed by atoms with Crippen molar-refractivity contribution < 1.29 is 9.47 Å². The Labute approximate surface area is 106 Å². The molecule has 0 aromatic heterocycles. The molecule has 2 unspecified atom stereocenters. The van der Waals surface area contributed by atoms with Gasteiger partial charge < -0.3 is 19.7 Å². The lowest BCUT2D eigenvalue weighted by molar-refractivity contribution is 0.0559. The van der Waals surface area contributed by atoms with E-state index in [0.717, 1.165) is 32.7 Å². The first-order valence-corrected chi connectivity index (χ1v) is 6.71. The average molecular weight is 244 g/mol. The monoisotopic (exact) mass is 244 g/mol. The van der Waals surface area contributed by atoms with Crippen LogP contribution in [-0.2, 0) is 9.47 Å². The third-order valence-electron chi connectivity index (χ3n) is 3.32. The highest BCUT2D eigenvalue weighted by Crippen LogP contribution is 2.20. The number of nitrogens with zero attached hydrogens (tertiary/aromatic N) is 1. The molecule has 1 rings (SSSR count). The Kier molecular flexibility index (Phi) is 7.77. The number of methoxy groups -OCH3 is 1. The Bertz CT molecular complexity index is 188. The Morgan fingerprint density at radius 3 is 2.76 bits per heavy atom. The maximum atomic E-state index is 5.55. The van der Waals surface area contributed by atoms with Gasteiger partial charge in [-0.3, -0.25) is 0 Å². The van der Waals surface area contributed by atoms with Crippen molar-refractivity contribution in [1.29, 1.82) is 0 Å². The van der Waals surface area contributed by atoms with Crippen molar-refractivity contribution in [2.75, 3.05) is 47.5 Å². The summed E-state index contributed by atoms with van der Waals surface area (Å²) in [6.07, 6.45) is 5.37. The van der Waals surface area contributed by atoms with E-state index in [4.69, 9.17) is 9.47 Å². The fraction of sp³-hybridized carbons (Fsp3) is 1.00. The quantitative estimate of drug-likeness (QED) is 0.649. The molecule has 17 heavy (non-hydrogen) atoms. The lowest BCUT2D eigenvalue weighted by atomic mass is 9.93. The van der Waals surface area contributed by atoms with Gasteiger partial charge in [-0.05, 0) is 39.8 Å². The van der Waals surface area contributed by atoms with Crippen LogP contribution in [-0.4, -0.2) is 64.6 Å². The Hall–Kier alpha value is -0.160. The molecule has 1 aliphatic rings. The van der Waals surface area contributed by atoms with E-state index in [9.17, 15) is 0 Å². The second-order valence-corrected chi connectivity index (χ2v) is 5.09. The number of likely N-dealkylation sites (N-methyl/N-ethyl adjacent to an activating group) is 1. The van der Waals surface area contributed by atoms with Gasteiger partial charge in [0.1, 0.15) is 0 Å². The largest absolute Gasteiger partial charge is 0.381 e. The molecule has 0 aliphatic heterocycles. The van der Waals surface area contributed by atoms with Crippen LogP contribution in [0.3, 0.4) is 0 Å². The zero-order chi connectivity index (χ0) is 12.5. The van der Waals surface area contributed by atoms with Gasteiger partial charge in [0.15, 0.2) is 0 Å². The first-order valence-electron chi connectivity index (χ1n) is 6.71. The highest BCUT2D eigenvalue weighted by Gasteiger charge is 2.20. The van der Waals surface area contributed by atoms with E-state index in [1.807, 2.05) is 7.11 Å². The van der Waals surface area contributed by atoms with Gasteiger partial charge in [-0.1, -0.05) is 0 Å². The van der Waals surface area contributed by atoms with Crippen LogP contribution in [0.1, 0.15) is 25.7 Å². The Morgan fingerprint density at radius 2 is 2.06 bits per heavy atom. The maximum Gasteiger partial charge on any atom is 0.0593 e. The normalized spacial score (nSPS) is 25.4. The summed E-state index contributed by atoms with van der Waals surface area (Å²) >= 11 is 0. The predicted molar refractivity (Wildman–Crippen MR) is 70.4 cm³/mol. The minimum absolute atomic E-state index is 0.455. The van der Waals surface area contributed by atoms with Crippen LogP contribution in [0, 0.1) is 0 Å². The molecule has 0 amide bonds. The lowest BCUT2D eigenvalue weighted by Gasteiger charge is -2.28. The van der Waals surface area contributed by atoms with Crippen molar-refractivity contribution in [1.82, 2.24) is 10.2 Å². The minimum Gasteiger partial charge on any atom is -0.381 e. The van der Waals surface area contributed by atoms with Gasteiger partial charge in [0.25, 0.3) is 0 Å². The maximum absolute atomic E-state index is 5.55. The number of hydrogen-bond acceptors (Lipinski definition) is 4. The molecule has 102 valence electrons. The lowest BCUT2D eigenvalue weighted by Crippen LogP contribution is -2.38. The molecule has 0 aromatic carbocycles. The van der Waals surface area contributed by atoms with E-state index in [1.165, 1.54) is 19.3 Å². The van der Waals surface area contributed by atoms with Gasteiger partial charge in [-0.2, -0.15) is 0 Å². The van der Waals surface area contributed by atoms with Crippen molar-refractivity contribution in [3.8, 4) is 0 Å². The van der Waals surface area contributed by atoms with Crippen LogP contribution >= 0.6 is 0 Å². The molecular formula is C13H28N2O2. The van der Waals surface area contributed by atoms with Crippen LogP contribution in [0.15, 0.2) is 0 Å². The van der Waals surface area contributed by atoms with Gasteiger partial charge in [0.05, 0.1) is 19.3 Å². The summed E-state index contributed by atoms with van der Waals surface area (Å²) in [7, 11) is 5.94. The Morgan fingerprint density at radius 1 is 1.24 bits per heavy atom. The SMILES string of the molecule is COC1CCCC(NCCOCCN(C)C)C1. The van der Waals surface area contributed by atoms with Gasteiger partial charge in [0.2, 0.25) is 0 Å². The predicted octanol–water partition coefficient (Wildman–Crippen LogP) is 1.11. The Balaban J connectivity index is 1.95. The van der Waals surface area contributed by atoms with Gasteiger partial charge >= 0.3 is 0 Å². The summed E-state index contributed by atoms with van der Waals surface area (Å²) in [6.45, 7) is 3.58. The molecule has 0 bridgehead atoms. The molecule has 1 aliphatic carbocycles. The van der Waals surface area contributed by atoms with E-state index >= 15 is 0 Å². The third kappa shape index (κ3) is 6.99. The number of hydrogen-bond donors (Lipinski definition) is 1. The van der Waals surface area contributed by atoms with Crippen molar-refractivity contribution in [2.45, 2.75) is 37.8 Å². The first kappa shape index (κ1) is 14.9. The molecule has 1 fully saturated rings. The second kappa shape index (κ2) is 8.86. The molecule has 0 heterocycles. The van der Waals surface area contributed by atoms with Crippen molar-refractivity contribution in [2.24, 2.45) is 0 Å². The fourth-order valence-electron chi connectivity index (χ4n) is 2.23. The number of ether oxygens (including phenoxy) is 2. The topological polar surface area (TPSA) is 33.7 Å². The summed E-state index contributed by atoms with van der Waals surface area (Å²) in [5.74, 6) is 0. The summed E-state index contributed by atoms with van der Waals surface area (Å²) in [5.41, 5.74) is 0. The van der Waals surface area contributed by atoms with Crippen LogP contribution in [0.5, 0.6) is 0 Å². The van der Waals surface area contributed by atoms with Crippen molar-refractivity contribution in [3.63, 3.8) is 0 Å². The highest BCUT2D eigenvalue weighted by molar-refractivity contribution is 4.77. The fourth-order valence-corrected chi connectivity index (χ4v) is 2.23. The molecule has 0 aromatic rings. The molecule has 0 spiro atoms. The van der Waals surface area contributed by atoms with E-state index in [1.54, 1.807) is 0 Å². The first-order chi connectivity index (χ1) is 8.22. The number of nitrogens with one attached hydrogen (secondary N) is 1. The van der Waals surface area contributed by atoms with Gasteiger partial charge in [0, 0.05) is 26.2 Å². The molecular weight excluding hydrogens is 216 g/mol. The highest BCUT2D eigenvalue weighted by atomic mass is 16.5. The molecule has 1 N–H and O–H groups in total. The van der Waals surface area contributed by atoms with Crippen LogP contribution in [0.2, 0.25) is 0 Å². The molecule has 0 radical (unpaired) electrons. The zero-order valence-electron chi connectivity index (χ0n) is 11.6. The summed E-state index contributed by atoms with van der Waals surface area (Å²) in [5, 5.41) is 3.56. The van der Waals surface area contributed by atoms with E-state index in [2.05, 4.69) is 24.3 Å². The molecule has 4 nitrogen and oxygen atoms in total. The molecule has 4 heteroatoms. The average Bonchev–Trinajstić information content (AvgIpc) is 2.33. The van der Waals surface area contributed by atoms with E-state index in [-0.39, 0.29) is 0 Å². The van der Waals surface area contributed by atoms with Crippen molar-refractivity contribution >= 4 is 0 Å². The van der Waals surface area contributed by atoms with Crippen LogP contribution in [0.25, 0.3) is 0 Å². The van der Waals surface area contributed by atoms with Gasteiger partial charge in [-0.15, -0.1) is 0 Å². The number of rotatable bonds is 8. The van der Waals surface area contributed by atoms with Gasteiger partial charge in [-0.25, -0.2) is 0 Å². The second-order valence-electron chi connectivity index (χ2n) is 5.09. The van der Waals surface area contributed by atoms with Crippen LogP contribution in [0.4, 0.5) is 0 Å². The molecule has 0 saturated heterocycles. The third-order valence-corrected chi connectivity index (χ3v) is 3.32. The molecule has 2 atom stereocenters. The van der Waals surface area contributed by atoms with E-state index in [0.29, 0.717) is 12.1 Å². The van der Waals surface area contributed by atoms with E-state index < -0.39 is 0 Å².